The molecule has 0 aromatic carbocycles. The summed E-state index contributed by atoms with van der Waals surface area (Å²) in [4.78, 5) is 25.6. The molecule has 3 atom stereocenters. The Morgan fingerprint density at radius 2 is 0.829 bits per heavy atom. The Morgan fingerprint density at radius 3 is 1.19 bits per heavy atom. The molecule has 1 amide bonds. The summed E-state index contributed by atoms with van der Waals surface area (Å²) < 4.78 is 23.5. The van der Waals surface area contributed by atoms with Crippen molar-refractivity contribution in [1.29, 1.82) is 0 Å². The van der Waals surface area contributed by atoms with Gasteiger partial charge in [0.15, 0.2) is 0 Å². The van der Waals surface area contributed by atoms with E-state index in [0.29, 0.717) is 23.9 Å². The average molecular weight is 1010 g/mol. The van der Waals surface area contributed by atoms with Crippen molar-refractivity contribution >= 4 is 13.7 Å². The van der Waals surface area contributed by atoms with Crippen LogP contribution in [0.15, 0.2) is 24.3 Å². The fourth-order valence-corrected chi connectivity index (χ4v) is 10.1. The van der Waals surface area contributed by atoms with E-state index in [1.165, 1.54) is 238 Å². The zero-order chi connectivity index (χ0) is 51.3. The van der Waals surface area contributed by atoms with Gasteiger partial charge in [-0.05, 0) is 44.9 Å². The first-order valence-corrected chi connectivity index (χ1v) is 32.1. The average Bonchev–Trinajstić information content (AvgIpc) is 3.32. The molecule has 0 aliphatic rings. The van der Waals surface area contributed by atoms with Gasteiger partial charge in [0.2, 0.25) is 5.91 Å². The minimum atomic E-state index is -4.57. The Balaban J connectivity index is 4.08. The standard InChI is InChI=1S/C61H121N2O6P/c1-6-8-10-12-14-16-18-20-22-24-26-27-28-29-30-31-32-33-34-35-37-39-41-43-45-47-49-51-53-55-61(65)62-59(58-69-70(66,67)68-57-56-63(3,4)5)60(64)54-52-50-48-46-44-42-40-38-36-25-23-21-19-17-15-13-11-9-7-2/h26-27,29-30,59-60,64H,6-25,28,31-58H2,1-5H3,(H-,62,65,66,67)/b27-26-,30-29-. The van der Waals surface area contributed by atoms with Crippen LogP contribution in [0.4, 0.5) is 0 Å². The fourth-order valence-electron chi connectivity index (χ4n) is 9.37. The molecule has 0 saturated carbocycles. The second kappa shape index (κ2) is 52.8. The van der Waals surface area contributed by atoms with E-state index in [9.17, 15) is 19.4 Å². The predicted octanol–water partition coefficient (Wildman–Crippen LogP) is 18.1. The molecule has 0 heterocycles. The van der Waals surface area contributed by atoms with Crippen LogP contribution in [0.5, 0.6) is 0 Å². The van der Waals surface area contributed by atoms with Gasteiger partial charge in [-0.15, -0.1) is 0 Å². The minimum absolute atomic E-state index is 0.0138. The molecule has 0 spiro atoms. The number of nitrogens with zero attached hydrogens (tertiary/aromatic N) is 1. The Kier molecular flexibility index (Phi) is 52.1. The van der Waals surface area contributed by atoms with Gasteiger partial charge in [0.05, 0.1) is 39.9 Å². The molecular formula is C61H121N2O6P. The minimum Gasteiger partial charge on any atom is -0.756 e. The van der Waals surface area contributed by atoms with Gasteiger partial charge in [-0.3, -0.25) is 9.36 Å². The van der Waals surface area contributed by atoms with E-state index in [2.05, 4.69) is 43.5 Å². The molecule has 0 aromatic heterocycles. The molecular weight excluding hydrogens is 888 g/mol. The molecule has 9 heteroatoms. The SMILES string of the molecule is CCCCCCCCCCC/C=C\C/C=C\CCCCCCCCCCCCCCCC(=O)NC(COP(=O)([O-])OCC[N+](C)(C)C)C(O)CCCCCCCCCCCCCCCCCCCCC. The number of phosphoric ester groups is 1. The van der Waals surface area contributed by atoms with E-state index in [4.69, 9.17) is 9.05 Å². The van der Waals surface area contributed by atoms with E-state index < -0.39 is 20.0 Å². The molecule has 0 aliphatic carbocycles. The van der Waals surface area contributed by atoms with Crippen LogP contribution in [0.1, 0.15) is 309 Å². The number of likely N-dealkylation sites (N-methyl/N-ethyl adjacent to an activating group) is 1. The number of aliphatic hydroxyl groups excluding tert-OH is 1. The highest BCUT2D eigenvalue weighted by Gasteiger charge is 2.24. The molecule has 0 saturated heterocycles. The topological polar surface area (TPSA) is 108 Å². The fraction of sp³-hybridized carbons (Fsp3) is 0.918. The first-order chi connectivity index (χ1) is 34.0. The number of amides is 1. The smallest absolute Gasteiger partial charge is 0.268 e. The van der Waals surface area contributed by atoms with Crippen molar-refractivity contribution in [2.75, 3.05) is 40.9 Å². The lowest BCUT2D eigenvalue weighted by Gasteiger charge is -2.30. The maximum atomic E-state index is 13.0. The van der Waals surface area contributed by atoms with Crippen LogP contribution in [0.25, 0.3) is 0 Å². The lowest BCUT2D eigenvalue weighted by Crippen LogP contribution is -2.46. The molecule has 0 radical (unpaired) electrons. The highest BCUT2D eigenvalue weighted by Crippen LogP contribution is 2.38. The molecule has 416 valence electrons. The van der Waals surface area contributed by atoms with Crippen LogP contribution in [-0.4, -0.2) is 68.5 Å². The Labute approximate surface area is 436 Å². The Hall–Kier alpha value is -1.02. The summed E-state index contributed by atoms with van der Waals surface area (Å²) >= 11 is 0. The molecule has 0 aliphatic heterocycles. The number of phosphoric acid groups is 1. The normalized spacial score (nSPS) is 14.0. The van der Waals surface area contributed by atoms with Crippen molar-refractivity contribution < 1.29 is 32.9 Å². The zero-order valence-corrected chi connectivity index (χ0v) is 48.4. The van der Waals surface area contributed by atoms with Crippen LogP contribution >= 0.6 is 7.82 Å². The zero-order valence-electron chi connectivity index (χ0n) is 47.5. The Bertz CT molecular complexity index is 1190. The molecule has 0 fully saturated rings. The monoisotopic (exact) mass is 1010 g/mol. The molecule has 3 unspecified atom stereocenters. The number of unbranched alkanes of at least 4 members (excludes halogenated alkanes) is 40. The first kappa shape index (κ1) is 69.0. The van der Waals surface area contributed by atoms with E-state index in [0.717, 1.165) is 44.9 Å². The van der Waals surface area contributed by atoms with Crippen molar-refractivity contribution in [2.24, 2.45) is 0 Å². The largest absolute Gasteiger partial charge is 0.756 e. The number of hydrogen-bond acceptors (Lipinski definition) is 6. The van der Waals surface area contributed by atoms with Gasteiger partial charge in [0.25, 0.3) is 7.82 Å². The van der Waals surface area contributed by atoms with Crippen molar-refractivity contribution in [3.8, 4) is 0 Å². The van der Waals surface area contributed by atoms with Gasteiger partial charge in [-0.25, -0.2) is 0 Å². The molecule has 70 heavy (non-hydrogen) atoms. The van der Waals surface area contributed by atoms with Crippen LogP contribution in [0, 0.1) is 0 Å². The van der Waals surface area contributed by atoms with Gasteiger partial charge in [-0.1, -0.05) is 282 Å². The molecule has 8 nitrogen and oxygen atoms in total. The van der Waals surface area contributed by atoms with Crippen LogP contribution in [0.2, 0.25) is 0 Å². The number of carbonyl (C=O) groups excluding carboxylic acids is 1. The van der Waals surface area contributed by atoms with Gasteiger partial charge in [-0.2, -0.15) is 0 Å². The number of allylic oxidation sites excluding steroid dienone is 4. The van der Waals surface area contributed by atoms with Crippen molar-refractivity contribution in [3.05, 3.63) is 24.3 Å². The highest BCUT2D eigenvalue weighted by molar-refractivity contribution is 7.45. The van der Waals surface area contributed by atoms with Crippen LogP contribution in [0.3, 0.4) is 0 Å². The second-order valence-corrected chi connectivity index (χ2v) is 23.8. The van der Waals surface area contributed by atoms with Gasteiger partial charge in [0.1, 0.15) is 13.2 Å². The number of nitrogens with one attached hydrogen (secondary N) is 1. The summed E-state index contributed by atoms with van der Waals surface area (Å²) in [6, 6.07) is -0.800. The maximum absolute atomic E-state index is 13.0. The van der Waals surface area contributed by atoms with Crippen LogP contribution < -0.4 is 10.2 Å². The Morgan fingerprint density at radius 1 is 0.500 bits per heavy atom. The summed E-state index contributed by atoms with van der Waals surface area (Å²) in [5.41, 5.74) is 0. The third-order valence-electron chi connectivity index (χ3n) is 14.2. The first-order valence-electron chi connectivity index (χ1n) is 30.7. The summed E-state index contributed by atoms with van der Waals surface area (Å²) in [6.45, 7) is 4.77. The van der Waals surface area contributed by atoms with E-state index in [-0.39, 0.29) is 19.1 Å². The molecule has 0 bridgehead atoms. The third kappa shape index (κ3) is 54.7. The van der Waals surface area contributed by atoms with E-state index in [1.54, 1.807) is 0 Å². The van der Waals surface area contributed by atoms with E-state index >= 15 is 0 Å². The lowest BCUT2D eigenvalue weighted by atomic mass is 10.0. The number of hydrogen-bond donors (Lipinski definition) is 2. The highest BCUT2D eigenvalue weighted by atomic mass is 31.2. The van der Waals surface area contributed by atoms with Crippen molar-refractivity contribution in [1.82, 2.24) is 5.32 Å². The maximum Gasteiger partial charge on any atom is 0.268 e. The number of carbonyl (C=O) groups is 1. The van der Waals surface area contributed by atoms with Crippen molar-refractivity contribution in [3.63, 3.8) is 0 Å². The molecule has 0 aromatic rings. The van der Waals surface area contributed by atoms with Crippen LogP contribution in [-0.2, 0) is 18.4 Å². The predicted molar refractivity (Wildman–Crippen MR) is 302 cm³/mol. The number of quaternary nitrogens is 1. The van der Waals surface area contributed by atoms with Gasteiger partial charge < -0.3 is 28.8 Å². The summed E-state index contributed by atoms with van der Waals surface area (Å²) in [7, 11) is 1.32. The second-order valence-electron chi connectivity index (χ2n) is 22.4. The molecule has 0 rings (SSSR count). The lowest BCUT2D eigenvalue weighted by molar-refractivity contribution is -0.870. The van der Waals surface area contributed by atoms with Gasteiger partial charge in [0, 0.05) is 6.42 Å². The molecule has 2 N–H and O–H groups in total. The summed E-state index contributed by atoms with van der Waals surface area (Å²) in [5.74, 6) is -0.161. The van der Waals surface area contributed by atoms with Crippen molar-refractivity contribution in [2.45, 2.75) is 321 Å². The third-order valence-corrected chi connectivity index (χ3v) is 15.2. The summed E-state index contributed by atoms with van der Waals surface area (Å²) in [6.07, 6.45) is 66.5. The quantitative estimate of drug-likeness (QED) is 0.0272. The number of rotatable bonds is 57. The number of aliphatic hydroxyl groups is 1. The van der Waals surface area contributed by atoms with Gasteiger partial charge >= 0.3 is 0 Å². The summed E-state index contributed by atoms with van der Waals surface area (Å²) in [5, 5.41) is 14.0. The van der Waals surface area contributed by atoms with E-state index in [1.807, 2.05) is 21.1 Å².